The van der Waals surface area contributed by atoms with E-state index in [-0.39, 0.29) is 0 Å². The van der Waals surface area contributed by atoms with E-state index < -0.39 is 0 Å². The van der Waals surface area contributed by atoms with E-state index in [1.54, 1.807) is 6.33 Å². The van der Waals surface area contributed by atoms with E-state index in [2.05, 4.69) is 31.7 Å². The number of para-hydroxylation sites is 1. The summed E-state index contributed by atoms with van der Waals surface area (Å²) in [6.07, 6.45) is 5.95. The topological polar surface area (TPSA) is 46.8 Å². The minimum absolute atomic E-state index is 0.574. The van der Waals surface area contributed by atoms with Gasteiger partial charge in [0.1, 0.15) is 6.33 Å². The Bertz CT molecular complexity index is 745. The van der Waals surface area contributed by atoms with Crippen LogP contribution >= 0.6 is 0 Å². The van der Waals surface area contributed by atoms with Crippen LogP contribution in [-0.4, -0.2) is 26.6 Å². The largest absolute Gasteiger partial charge is 0.328 e. The highest BCUT2D eigenvalue weighted by atomic mass is 15.2. The second-order valence-corrected chi connectivity index (χ2v) is 5.15. The maximum atomic E-state index is 4.52. The molecule has 1 fully saturated rings. The summed E-state index contributed by atoms with van der Waals surface area (Å²) < 4.78 is 2.17. The lowest BCUT2D eigenvalue weighted by molar-refractivity contribution is 0.756. The van der Waals surface area contributed by atoms with Crippen LogP contribution in [0.25, 0.3) is 11.2 Å². The highest BCUT2D eigenvalue weighted by Gasteiger charge is 2.26. The Balaban J connectivity index is 1.83. The maximum absolute atomic E-state index is 4.52. The van der Waals surface area contributed by atoms with Crippen molar-refractivity contribution in [1.29, 1.82) is 0 Å². The van der Waals surface area contributed by atoms with Gasteiger partial charge in [0.25, 0.3) is 0 Å². The van der Waals surface area contributed by atoms with Crippen LogP contribution in [0, 0.1) is 0 Å². The van der Waals surface area contributed by atoms with Crippen LogP contribution in [0.3, 0.4) is 0 Å². The molecule has 100 valence electrons. The Hall–Kier alpha value is -2.43. The van der Waals surface area contributed by atoms with Gasteiger partial charge < -0.3 is 9.47 Å². The van der Waals surface area contributed by atoms with Gasteiger partial charge in [-0.1, -0.05) is 18.2 Å². The number of hydrogen-bond donors (Lipinski definition) is 0. The normalized spacial score (nSPS) is 14.7. The van der Waals surface area contributed by atoms with Crippen molar-refractivity contribution in [3.05, 3.63) is 43.0 Å². The molecule has 5 nitrogen and oxygen atoms in total. The molecule has 5 heteroatoms. The van der Waals surface area contributed by atoms with Crippen LogP contribution in [-0.2, 0) is 0 Å². The van der Waals surface area contributed by atoms with Crippen LogP contribution in [0.4, 0.5) is 11.5 Å². The van der Waals surface area contributed by atoms with Crippen LogP contribution in [0.5, 0.6) is 0 Å². The van der Waals surface area contributed by atoms with Gasteiger partial charge in [-0.05, 0) is 25.0 Å². The van der Waals surface area contributed by atoms with Crippen LogP contribution in [0.15, 0.2) is 43.0 Å². The zero-order valence-corrected chi connectivity index (χ0v) is 11.3. The number of benzene rings is 1. The van der Waals surface area contributed by atoms with Crippen molar-refractivity contribution in [3.8, 4) is 0 Å². The molecule has 0 unspecified atom stereocenters. The third-order valence-corrected chi connectivity index (χ3v) is 3.74. The van der Waals surface area contributed by atoms with Crippen molar-refractivity contribution >= 4 is 22.7 Å². The van der Waals surface area contributed by atoms with Gasteiger partial charge in [0.2, 0.25) is 0 Å². The Morgan fingerprint density at radius 3 is 2.65 bits per heavy atom. The fourth-order valence-corrected chi connectivity index (χ4v) is 2.48. The molecule has 4 rings (SSSR count). The fraction of sp³-hybridized carbons (Fsp3) is 0.267. The second kappa shape index (κ2) is 4.30. The lowest BCUT2D eigenvalue weighted by Crippen LogP contribution is -2.12. The first-order valence-electron chi connectivity index (χ1n) is 6.81. The lowest BCUT2D eigenvalue weighted by atomic mass is 10.3. The summed E-state index contributed by atoms with van der Waals surface area (Å²) in [7, 11) is 2.01. The molecule has 1 saturated carbocycles. The van der Waals surface area contributed by atoms with Crippen LogP contribution in [0.1, 0.15) is 18.9 Å². The summed E-state index contributed by atoms with van der Waals surface area (Å²) in [5.74, 6) is 0.848. The number of fused-ring (bicyclic) bond motifs is 1. The van der Waals surface area contributed by atoms with E-state index in [0.29, 0.717) is 6.04 Å². The molecule has 0 N–H and O–H groups in total. The van der Waals surface area contributed by atoms with Gasteiger partial charge in [0.15, 0.2) is 17.0 Å². The van der Waals surface area contributed by atoms with Crippen LogP contribution in [0.2, 0.25) is 0 Å². The average molecular weight is 265 g/mol. The second-order valence-electron chi connectivity index (χ2n) is 5.15. The van der Waals surface area contributed by atoms with Gasteiger partial charge in [-0.15, -0.1) is 0 Å². The van der Waals surface area contributed by atoms with Gasteiger partial charge >= 0.3 is 0 Å². The van der Waals surface area contributed by atoms with Gasteiger partial charge in [-0.2, -0.15) is 0 Å². The Labute approximate surface area is 116 Å². The predicted octanol–water partition coefficient (Wildman–Crippen LogP) is 2.93. The average Bonchev–Trinajstić information content (AvgIpc) is 3.26. The first kappa shape index (κ1) is 11.4. The Morgan fingerprint density at radius 1 is 1.10 bits per heavy atom. The Morgan fingerprint density at radius 2 is 1.90 bits per heavy atom. The monoisotopic (exact) mass is 265 g/mol. The first-order valence-corrected chi connectivity index (χ1v) is 6.81. The number of rotatable bonds is 3. The molecule has 2 heterocycles. The summed E-state index contributed by atoms with van der Waals surface area (Å²) in [5.41, 5.74) is 2.89. The maximum Gasteiger partial charge on any atom is 0.165 e. The molecule has 1 aromatic carbocycles. The van der Waals surface area contributed by atoms with E-state index in [1.807, 2.05) is 36.5 Å². The summed E-state index contributed by atoms with van der Waals surface area (Å²) in [5, 5.41) is 0. The molecule has 20 heavy (non-hydrogen) atoms. The molecule has 1 aliphatic rings. The molecule has 0 aliphatic heterocycles. The lowest BCUT2D eigenvalue weighted by Gasteiger charge is -2.18. The summed E-state index contributed by atoms with van der Waals surface area (Å²) in [4.78, 5) is 15.4. The van der Waals surface area contributed by atoms with E-state index in [0.717, 1.165) is 22.7 Å². The van der Waals surface area contributed by atoms with Crippen LogP contribution < -0.4 is 4.90 Å². The van der Waals surface area contributed by atoms with Gasteiger partial charge in [0, 0.05) is 18.8 Å². The number of aromatic nitrogens is 4. The molecule has 0 saturated heterocycles. The summed E-state index contributed by atoms with van der Waals surface area (Å²) in [6, 6.07) is 10.7. The summed E-state index contributed by atoms with van der Waals surface area (Å²) in [6.45, 7) is 0. The van der Waals surface area contributed by atoms with Crippen molar-refractivity contribution in [1.82, 2.24) is 19.5 Å². The highest BCUT2D eigenvalue weighted by molar-refractivity contribution is 5.86. The fourth-order valence-electron chi connectivity index (χ4n) is 2.48. The Kier molecular flexibility index (Phi) is 2.45. The van der Waals surface area contributed by atoms with E-state index in [9.17, 15) is 0 Å². The molecule has 0 bridgehead atoms. The molecule has 0 atom stereocenters. The number of anilines is 2. The van der Waals surface area contributed by atoms with Gasteiger partial charge in [-0.3, -0.25) is 0 Å². The zero-order chi connectivity index (χ0) is 13.5. The SMILES string of the molecule is CN(c1ccccc1)c1ncnc2c1ncn2C1CC1. The standard InChI is InChI=1S/C15H15N5/c1-19(11-5-3-2-4-6-11)14-13-15(17-9-16-14)20(10-18-13)12-7-8-12/h2-6,9-10,12H,7-8H2,1H3. The zero-order valence-electron chi connectivity index (χ0n) is 11.3. The third kappa shape index (κ3) is 1.74. The summed E-state index contributed by atoms with van der Waals surface area (Å²) >= 11 is 0. The van der Waals surface area contributed by atoms with Crippen molar-refractivity contribution in [3.63, 3.8) is 0 Å². The van der Waals surface area contributed by atoms with Crippen molar-refractivity contribution in [2.24, 2.45) is 0 Å². The number of nitrogens with zero attached hydrogens (tertiary/aromatic N) is 5. The molecule has 0 radical (unpaired) electrons. The molecular weight excluding hydrogens is 250 g/mol. The highest BCUT2D eigenvalue weighted by Crippen LogP contribution is 2.37. The van der Waals surface area contributed by atoms with E-state index >= 15 is 0 Å². The first-order chi connectivity index (χ1) is 9.84. The van der Waals surface area contributed by atoms with E-state index in [1.165, 1.54) is 12.8 Å². The van der Waals surface area contributed by atoms with Crippen molar-refractivity contribution in [2.75, 3.05) is 11.9 Å². The molecule has 3 aromatic rings. The molecule has 2 aromatic heterocycles. The molecule has 0 amide bonds. The number of imidazole rings is 1. The molecule has 1 aliphatic carbocycles. The van der Waals surface area contributed by atoms with Crippen molar-refractivity contribution < 1.29 is 0 Å². The molecular formula is C15H15N5. The third-order valence-electron chi connectivity index (χ3n) is 3.74. The number of hydrogen-bond acceptors (Lipinski definition) is 4. The van der Waals surface area contributed by atoms with Gasteiger partial charge in [0.05, 0.1) is 6.33 Å². The quantitative estimate of drug-likeness (QED) is 0.730. The minimum Gasteiger partial charge on any atom is -0.328 e. The van der Waals surface area contributed by atoms with E-state index in [4.69, 9.17) is 0 Å². The van der Waals surface area contributed by atoms with Gasteiger partial charge in [-0.25, -0.2) is 15.0 Å². The molecule has 0 spiro atoms. The minimum atomic E-state index is 0.574. The predicted molar refractivity (Wildman–Crippen MR) is 78.1 cm³/mol. The van der Waals surface area contributed by atoms with Crippen molar-refractivity contribution in [2.45, 2.75) is 18.9 Å². The smallest absolute Gasteiger partial charge is 0.165 e.